The Morgan fingerprint density at radius 2 is 1.39 bits per heavy atom. The molecule has 1 fully saturated rings. The van der Waals surface area contributed by atoms with Gasteiger partial charge >= 0.3 is 12.0 Å². The molecule has 2 aromatic carbocycles. The molecule has 1 unspecified atom stereocenters. The van der Waals surface area contributed by atoms with Crippen LogP contribution in [0, 0.1) is 0 Å². The Balaban J connectivity index is 1.51. The Labute approximate surface area is 262 Å². The van der Waals surface area contributed by atoms with Crippen molar-refractivity contribution in [2.45, 2.75) is 103 Å². The third-order valence-corrected chi connectivity index (χ3v) is 7.70. The van der Waals surface area contributed by atoms with E-state index in [9.17, 15) is 19.2 Å². The summed E-state index contributed by atoms with van der Waals surface area (Å²) in [6.07, 6.45) is 15.0. The molecule has 0 aromatic heterocycles. The standard InChI is InChI=1S/C35H49N3O6/c1-3-5-6-7-8-9-10-11-12-13-14-20-25-44-30-24-19-18-23-29(30)36-33(40)32(34(41)43-4-2)38-31(39)27-37(35(38)42)26-28-21-16-15-17-22-28/h15-19,21-24,32H,3-14,20,25-27H2,1-2H3,(H,36,40). The Morgan fingerprint density at radius 3 is 2.02 bits per heavy atom. The van der Waals surface area contributed by atoms with E-state index in [2.05, 4.69) is 12.2 Å². The van der Waals surface area contributed by atoms with Crippen molar-refractivity contribution < 1.29 is 28.7 Å². The lowest BCUT2D eigenvalue weighted by Gasteiger charge is -2.24. The van der Waals surface area contributed by atoms with Gasteiger partial charge in [0.15, 0.2) is 0 Å². The van der Waals surface area contributed by atoms with Crippen molar-refractivity contribution in [1.82, 2.24) is 9.80 Å². The molecule has 0 bridgehead atoms. The monoisotopic (exact) mass is 607 g/mol. The number of nitrogens with one attached hydrogen (secondary N) is 1. The number of carbonyl (C=O) groups excluding carboxylic acids is 4. The molecule has 0 spiro atoms. The maximum atomic E-state index is 13.5. The molecule has 4 amide bonds. The number of ether oxygens (including phenoxy) is 2. The van der Waals surface area contributed by atoms with Gasteiger partial charge < -0.3 is 19.7 Å². The Kier molecular flexibility index (Phi) is 15.3. The van der Waals surface area contributed by atoms with Crippen molar-refractivity contribution in [3.05, 3.63) is 60.2 Å². The van der Waals surface area contributed by atoms with E-state index in [4.69, 9.17) is 9.47 Å². The van der Waals surface area contributed by atoms with Crippen LogP contribution in [0.4, 0.5) is 10.5 Å². The van der Waals surface area contributed by atoms with Crippen LogP contribution in [0.1, 0.15) is 96.5 Å². The fraction of sp³-hybridized carbons (Fsp3) is 0.543. The van der Waals surface area contributed by atoms with Crippen molar-refractivity contribution in [1.29, 1.82) is 0 Å². The molecule has 0 radical (unpaired) electrons. The highest BCUT2D eigenvalue weighted by Gasteiger charge is 2.47. The lowest BCUT2D eigenvalue weighted by molar-refractivity contribution is -0.154. The van der Waals surface area contributed by atoms with Gasteiger partial charge in [0.25, 0.3) is 11.8 Å². The molecule has 1 N–H and O–H groups in total. The highest BCUT2D eigenvalue weighted by atomic mass is 16.5. The number of para-hydroxylation sites is 2. The van der Waals surface area contributed by atoms with Crippen molar-refractivity contribution in [3.8, 4) is 5.75 Å². The Bertz CT molecular complexity index is 1190. The van der Waals surface area contributed by atoms with Crippen LogP contribution in [0.15, 0.2) is 54.6 Å². The van der Waals surface area contributed by atoms with Gasteiger partial charge in [0.2, 0.25) is 6.04 Å². The summed E-state index contributed by atoms with van der Waals surface area (Å²) in [7, 11) is 0. The van der Waals surface area contributed by atoms with Gasteiger partial charge in [-0.25, -0.2) is 14.5 Å². The lowest BCUT2D eigenvalue weighted by atomic mass is 10.1. The first-order chi connectivity index (χ1) is 21.5. The van der Waals surface area contributed by atoms with E-state index in [1.165, 1.54) is 62.7 Å². The third kappa shape index (κ3) is 11.0. The molecule has 2 aromatic rings. The molecular weight excluding hydrogens is 558 g/mol. The van der Waals surface area contributed by atoms with E-state index in [0.717, 1.165) is 24.8 Å². The van der Waals surface area contributed by atoms with Crippen LogP contribution in [0.3, 0.4) is 0 Å². The van der Waals surface area contributed by atoms with E-state index < -0.39 is 29.9 Å². The Morgan fingerprint density at radius 1 is 0.795 bits per heavy atom. The van der Waals surface area contributed by atoms with E-state index in [1.54, 1.807) is 31.2 Å². The second kappa shape index (κ2) is 19.4. The zero-order chi connectivity index (χ0) is 31.6. The summed E-state index contributed by atoms with van der Waals surface area (Å²) in [5.41, 5.74) is 1.18. The molecule has 9 nitrogen and oxygen atoms in total. The van der Waals surface area contributed by atoms with Crippen molar-refractivity contribution >= 4 is 29.5 Å². The van der Waals surface area contributed by atoms with Gasteiger partial charge in [-0.1, -0.05) is 120 Å². The van der Waals surface area contributed by atoms with Crippen LogP contribution in [0.2, 0.25) is 0 Å². The van der Waals surface area contributed by atoms with Crippen LogP contribution >= 0.6 is 0 Å². The third-order valence-electron chi connectivity index (χ3n) is 7.70. The minimum atomic E-state index is -1.76. The van der Waals surface area contributed by atoms with Gasteiger partial charge in [0.05, 0.1) is 18.9 Å². The minimum absolute atomic E-state index is 0.00862. The molecule has 1 saturated heterocycles. The predicted octanol–water partition coefficient (Wildman–Crippen LogP) is 7.10. The molecule has 44 heavy (non-hydrogen) atoms. The second-order valence-electron chi connectivity index (χ2n) is 11.3. The van der Waals surface area contributed by atoms with Crippen LogP contribution in [0.5, 0.6) is 5.75 Å². The van der Waals surface area contributed by atoms with E-state index >= 15 is 0 Å². The first-order valence-electron chi connectivity index (χ1n) is 16.3. The fourth-order valence-corrected chi connectivity index (χ4v) is 5.32. The molecule has 1 atom stereocenters. The van der Waals surface area contributed by atoms with Gasteiger partial charge in [-0.15, -0.1) is 0 Å². The number of unbranched alkanes of at least 4 members (excludes halogenated alkanes) is 11. The summed E-state index contributed by atoms with van der Waals surface area (Å²) in [6, 6.07) is 13.6. The maximum absolute atomic E-state index is 13.5. The number of hydrogen-bond acceptors (Lipinski definition) is 6. The lowest BCUT2D eigenvalue weighted by Crippen LogP contribution is -2.53. The number of anilines is 1. The Hall–Kier alpha value is -3.88. The molecule has 240 valence electrons. The molecule has 9 heteroatoms. The molecular formula is C35H49N3O6. The summed E-state index contributed by atoms with van der Waals surface area (Å²) in [4.78, 5) is 54.6. The number of benzene rings is 2. The predicted molar refractivity (Wildman–Crippen MR) is 171 cm³/mol. The second-order valence-corrected chi connectivity index (χ2v) is 11.3. The molecule has 3 rings (SSSR count). The number of rotatable bonds is 21. The zero-order valence-corrected chi connectivity index (χ0v) is 26.4. The van der Waals surface area contributed by atoms with Crippen molar-refractivity contribution in [2.24, 2.45) is 0 Å². The van der Waals surface area contributed by atoms with Gasteiger partial charge in [-0.05, 0) is 31.0 Å². The number of hydrogen-bond donors (Lipinski definition) is 1. The van der Waals surface area contributed by atoms with Gasteiger partial charge in [-0.3, -0.25) is 9.59 Å². The minimum Gasteiger partial charge on any atom is -0.491 e. The van der Waals surface area contributed by atoms with Gasteiger partial charge in [0, 0.05) is 6.54 Å². The molecule has 1 aliphatic rings. The van der Waals surface area contributed by atoms with Crippen LogP contribution in [0.25, 0.3) is 0 Å². The zero-order valence-electron chi connectivity index (χ0n) is 26.4. The highest BCUT2D eigenvalue weighted by Crippen LogP contribution is 2.26. The smallest absolute Gasteiger partial charge is 0.339 e. The van der Waals surface area contributed by atoms with Crippen molar-refractivity contribution in [3.63, 3.8) is 0 Å². The van der Waals surface area contributed by atoms with Gasteiger partial charge in [-0.2, -0.15) is 0 Å². The molecule has 1 heterocycles. The summed E-state index contributed by atoms with van der Waals surface area (Å²) in [6.45, 7) is 4.26. The van der Waals surface area contributed by atoms with Crippen LogP contribution < -0.4 is 10.1 Å². The number of carbonyl (C=O) groups is 4. The molecule has 1 aliphatic heterocycles. The highest BCUT2D eigenvalue weighted by molar-refractivity contribution is 6.16. The number of urea groups is 1. The summed E-state index contributed by atoms with van der Waals surface area (Å²) < 4.78 is 11.1. The van der Waals surface area contributed by atoms with E-state index in [1.807, 2.05) is 30.3 Å². The summed E-state index contributed by atoms with van der Waals surface area (Å²) >= 11 is 0. The molecule has 0 saturated carbocycles. The van der Waals surface area contributed by atoms with E-state index in [-0.39, 0.29) is 19.7 Å². The normalized spacial score (nSPS) is 13.7. The van der Waals surface area contributed by atoms with Crippen LogP contribution in [-0.2, 0) is 25.7 Å². The van der Waals surface area contributed by atoms with Crippen molar-refractivity contribution in [2.75, 3.05) is 25.1 Å². The maximum Gasteiger partial charge on any atom is 0.339 e. The number of esters is 1. The average molecular weight is 608 g/mol. The molecule has 0 aliphatic carbocycles. The topological polar surface area (TPSA) is 105 Å². The number of amides is 4. The van der Waals surface area contributed by atoms with Crippen LogP contribution in [-0.4, -0.2) is 59.4 Å². The van der Waals surface area contributed by atoms with Gasteiger partial charge in [0.1, 0.15) is 12.3 Å². The number of imide groups is 1. The fourth-order valence-electron chi connectivity index (χ4n) is 5.32. The summed E-state index contributed by atoms with van der Waals surface area (Å²) in [5, 5.41) is 2.70. The van der Waals surface area contributed by atoms with E-state index in [0.29, 0.717) is 22.9 Å². The number of nitrogens with zero attached hydrogens (tertiary/aromatic N) is 2. The first-order valence-corrected chi connectivity index (χ1v) is 16.3. The first kappa shape index (κ1) is 34.6. The summed E-state index contributed by atoms with van der Waals surface area (Å²) in [5.74, 6) is -2.00. The quantitative estimate of drug-likeness (QED) is 0.0702. The SMILES string of the molecule is CCCCCCCCCCCCCCOc1ccccc1NC(=O)C(C(=O)OCC)N1C(=O)CN(Cc2ccccc2)C1=O. The largest absolute Gasteiger partial charge is 0.491 e. The average Bonchev–Trinajstić information content (AvgIpc) is 3.28.